The molecule has 0 bridgehead atoms. The van der Waals surface area contributed by atoms with E-state index in [9.17, 15) is 10.2 Å². The predicted octanol–water partition coefficient (Wildman–Crippen LogP) is 8.40. The molecule has 2 rings (SSSR count). The second-order valence-electron chi connectivity index (χ2n) is 10.5. The Labute approximate surface area is 190 Å². The van der Waals surface area contributed by atoms with Crippen LogP contribution in [-0.2, 0) is 17.3 Å². The molecule has 0 aliphatic heterocycles. The van der Waals surface area contributed by atoms with Gasteiger partial charge in [0.25, 0.3) is 0 Å². The van der Waals surface area contributed by atoms with Crippen LogP contribution in [0.3, 0.4) is 0 Å². The highest BCUT2D eigenvalue weighted by Crippen LogP contribution is 2.36. The van der Waals surface area contributed by atoms with Gasteiger partial charge in [-0.25, -0.2) is 0 Å². The van der Waals surface area contributed by atoms with Crippen molar-refractivity contribution in [2.24, 2.45) is 0 Å². The van der Waals surface area contributed by atoms with Crippen molar-refractivity contribution >= 4 is 0 Å². The number of phenolic OH excluding ortho intramolecular Hbond substituents is 2. The van der Waals surface area contributed by atoms with Gasteiger partial charge in [0.2, 0.25) is 0 Å². The first-order chi connectivity index (χ1) is 14.6. The number of rotatable bonds is 12. The summed E-state index contributed by atoms with van der Waals surface area (Å²) in [6.07, 6.45) is 10.2. The minimum Gasteiger partial charge on any atom is -0.508 e. The number of hydrogen-bond acceptors (Lipinski definition) is 2. The fourth-order valence-electron chi connectivity index (χ4n) is 4.42. The minimum atomic E-state index is 0.0722. The van der Waals surface area contributed by atoms with Gasteiger partial charge in [-0.05, 0) is 58.1 Å². The Bertz CT molecular complexity index is 763. The Morgan fingerprint density at radius 1 is 0.613 bits per heavy atom. The molecule has 0 saturated carbocycles. The van der Waals surface area contributed by atoms with Gasteiger partial charge < -0.3 is 10.2 Å². The lowest BCUT2D eigenvalue weighted by Crippen LogP contribution is -2.18. The van der Waals surface area contributed by atoms with Crippen LogP contribution >= 0.6 is 0 Å². The SMILES string of the molecule is CCCCCC(C)(C)c1ccc(O)c(Cc2cc(C(C)(C)CCCCC)ccc2O)c1. The zero-order valence-corrected chi connectivity index (χ0v) is 20.7. The molecule has 0 saturated heterocycles. The highest BCUT2D eigenvalue weighted by Gasteiger charge is 2.23. The predicted molar refractivity (Wildman–Crippen MR) is 133 cm³/mol. The van der Waals surface area contributed by atoms with Crippen LogP contribution < -0.4 is 0 Å². The van der Waals surface area contributed by atoms with E-state index < -0.39 is 0 Å². The first kappa shape index (κ1) is 25.3. The van der Waals surface area contributed by atoms with E-state index in [4.69, 9.17) is 0 Å². The van der Waals surface area contributed by atoms with Crippen molar-refractivity contribution in [1.29, 1.82) is 0 Å². The maximum Gasteiger partial charge on any atom is 0.119 e. The lowest BCUT2D eigenvalue weighted by molar-refractivity contribution is 0.442. The molecule has 0 aliphatic carbocycles. The Hall–Kier alpha value is -1.96. The van der Waals surface area contributed by atoms with Gasteiger partial charge in [0.05, 0.1) is 0 Å². The zero-order valence-electron chi connectivity index (χ0n) is 20.7. The number of phenols is 2. The molecule has 0 radical (unpaired) electrons. The summed E-state index contributed by atoms with van der Waals surface area (Å²) in [6.45, 7) is 13.6. The summed E-state index contributed by atoms with van der Waals surface area (Å²) in [4.78, 5) is 0. The summed E-state index contributed by atoms with van der Waals surface area (Å²) in [5.74, 6) is 0.611. The normalized spacial score (nSPS) is 12.3. The summed E-state index contributed by atoms with van der Waals surface area (Å²) in [7, 11) is 0. The Kier molecular flexibility index (Phi) is 9.03. The van der Waals surface area contributed by atoms with Crippen molar-refractivity contribution in [3.05, 3.63) is 58.7 Å². The highest BCUT2D eigenvalue weighted by molar-refractivity contribution is 5.46. The van der Waals surface area contributed by atoms with Gasteiger partial charge in [-0.15, -0.1) is 0 Å². The molecule has 0 aromatic heterocycles. The Morgan fingerprint density at radius 3 is 1.35 bits per heavy atom. The largest absolute Gasteiger partial charge is 0.508 e. The van der Waals surface area contributed by atoms with Gasteiger partial charge in [0.15, 0.2) is 0 Å². The molecule has 2 aromatic carbocycles. The Balaban J connectivity index is 2.27. The quantitative estimate of drug-likeness (QED) is 0.336. The topological polar surface area (TPSA) is 40.5 Å². The van der Waals surface area contributed by atoms with Gasteiger partial charge in [0, 0.05) is 6.42 Å². The fourth-order valence-corrected chi connectivity index (χ4v) is 4.42. The van der Waals surface area contributed by atoms with Crippen LogP contribution in [0.2, 0.25) is 0 Å². The molecule has 0 aliphatic rings. The van der Waals surface area contributed by atoms with E-state index in [1.807, 2.05) is 12.1 Å². The van der Waals surface area contributed by atoms with E-state index in [2.05, 4.69) is 65.8 Å². The van der Waals surface area contributed by atoms with Gasteiger partial charge in [-0.3, -0.25) is 0 Å². The van der Waals surface area contributed by atoms with Crippen molar-refractivity contribution in [3.8, 4) is 11.5 Å². The lowest BCUT2D eigenvalue weighted by atomic mass is 9.78. The smallest absolute Gasteiger partial charge is 0.119 e. The summed E-state index contributed by atoms with van der Waals surface area (Å²) in [5.41, 5.74) is 4.43. The molecule has 0 amide bonds. The molecule has 172 valence electrons. The zero-order chi connectivity index (χ0) is 23.1. The van der Waals surface area contributed by atoms with E-state index in [0.29, 0.717) is 17.9 Å². The molecule has 0 unspecified atom stereocenters. The third-order valence-electron chi connectivity index (χ3n) is 6.91. The highest BCUT2D eigenvalue weighted by atomic mass is 16.3. The van der Waals surface area contributed by atoms with Crippen LogP contribution in [0.5, 0.6) is 11.5 Å². The summed E-state index contributed by atoms with van der Waals surface area (Å²) < 4.78 is 0. The van der Waals surface area contributed by atoms with Crippen LogP contribution in [-0.4, -0.2) is 10.2 Å². The molecule has 0 spiro atoms. The number of aromatic hydroxyl groups is 2. The molecule has 2 aromatic rings. The summed E-state index contributed by atoms with van der Waals surface area (Å²) >= 11 is 0. The number of benzene rings is 2. The van der Waals surface area contributed by atoms with E-state index in [0.717, 1.165) is 24.0 Å². The fraction of sp³-hybridized carbons (Fsp3) is 0.586. The van der Waals surface area contributed by atoms with Crippen LogP contribution in [0.15, 0.2) is 36.4 Å². The monoisotopic (exact) mass is 424 g/mol. The maximum absolute atomic E-state index is 10.6. The molecule has 2 heteroatoms. The third-order valence-corrected chi connectivity index (χ3v) is 6.91. The molecular formula is C29H44O2. The standard InChI is InChI=1S/C29H44O2/c1-7-9-11-17-28(3,4)24-13-15-26(30)22(20-24)19-23-21-25(14-16-27(23)31)29(5,6)18-12-10-8-2/h13-16,20-21,30-31H,7-12,17-19H2,1-6H3. The Morgan fingerprint density at radius 2 is 1.00 bits per heavy atom. The first-order valence-electron chi connectivity index (χ1n) is 12.3. The van der Waals surface area contributed by atoms with Crippen LogP contribution in [0, 0.1) is 0 Å². The van der Waals surface area contributed by atoms with Crippen molar-refractivity contribution in [2.45, 2.75) is 110 Å². The minimum absolute atomic E-state index is 0.0722. The first-order valence-corrected chi connectivity index (χ1v) is 12.3. The average molecular weight is 425 g/mol. The molecule has 0 fully saturated rings. The van der Waals surface area contributed by atoms with E-state index in [1.54, 1.807) is 0 Å². The second-order valence-corrected chi connectivity index (χ2v) is 10.5. The third kappa shape index (κ3) is 7.02. The lowest BCUT2D eigenvalue weighted by Gasteiger charge is -2.27. The van der Waals surface area contributed by atoms with Crippen LogP contribution in [0.4, 0.5) is 0 Å². The van der Waals surface area contributed by atoms with Crippen molar-refractivity contribution in [1.82, 2.24) is 0 Å². The van der Waals surface area contributed by atoms with E-state index in [1.165, 1.54) is 49.7 Å². The molecule has 2 nitrogen and oxygen atoms in total. The van der Waals surface area contributed by atoms with E-state index >= 15 is 0 Å². The van der Waals surface area contributed by atoms with Crippen LogP contribution in [0.25, 0.3) is 0 Å². The molecular weight excluding hydrogens is 380 g/mol. The maximum atomic E-state index is 10.6. The van der Waals surface area contributed by atoms with Gasteiger partial charge in [-0.1, -0.05) is 104 Å². The second kappa shape index (κ2) is 11.1. The van der Waals surface area contributed by atoms with Crippen molar-refractivity contribution < 1.29 is 10.2 Å². The molecule has 0 heterocycles. The number of hydrogen-bond donors (Lipinski definition) is 2. The average Bonchev–Trinajstić information content (AvgIpc) is 2.71. The van der Waals surface area contributed by atoms with Gasteiger partial charge >= 0.3 is 0 Å². The molecule has 2 N–H and O–H groups in total. The van der Waals surface area contributed by atoms with Gasteiger partial charge in [-0.2, -0.15) is 0 Å². The molecule has 0 atom stereocenters. The van der Waals surface area contributed by atoms with Crippen LogP contribution in [0.1, 0.15) is 115 Å². The summed E-state index contributed by atoms with van der Waals surface area (Å²) in [6, 6.07) is 12.0. The molecule has 31 heavy (non-hydrogen) atoms. The van der Waals surface area contributed by atoms with Crippen molar-refractivity contribution in [2.75, 3.05) is 0 Å². The summed E-state index contributed by atoms with van der Waals surface area (Å²) in [5, 5.41) is 21.1. The number of unbranched alkanes of at least 4 members (excludes halogenated alkanes) is 4. The van der Waals surface area contributed by atoms with E-state index in [-0.39, 0.29) is 10.8 Å². The van der Waals surface area contributed by atoms with Gasteiger partial charge in [0.1, 0.15) is 11.5 Å². The van der Waals surface area contributed by atoms with Crippen molar-refractivity contribution in [3.63, 3.8) is 0 Å².